The van der Waals surface area contributed by atoms with Crippen molar-refractivity contribution in [1.82, 2.24) is 5.32 Å². The molecule has 6 heteroatoms. The maximum atomic E-state index is 12.4. The number of alkyl halides is 4. The highest BCUT2D eigenvalue weighted by Crippen LogP contribution is 2.33. The minimum atomic E-state index is -4.57. The zero-order valence-corrected chi connectivity index (χ0v) is 8.11. The highest BCUT2D eigenvalue weighted by molar-refractivity contribution is 5.83. The minimum Gasteiger partial charge on any atom is -0.351 e. The van der Waals surface area contributed by atoms with Crippen LogP contribution < -0.4 is 5.32 Å². The number of rotatable bonds is 6. The molecule has 0 atom stereocenters. The van der Waals surface area contributed by atoms with E-state index in [-0.39, 0.29) is 6.54 Å². The zero-order chi connectivity index (χ0) is 11.5. The maximum Gasteiger partial charge on any atom is 0.383 e. The van der Waals surface area contributed by atoms with Gasteiger partial charge in [0.1, 0.15) is 0 Å². The molecule has 15 heavy (non-hydrogen) atoms. The second kappa shape index (κ2) is 4.81. The van der Waals surface area contributed by atoms with Crippen molar-refractivity contribution in [1.29, 1.82) is 0 Å². The molecular weight excluding hydrogens is 214 g/mol. The van der Waals surface area contributed by atoms with Crippen LogP contribution in [0.15, 0.2) is 0 Å². The molecule has 0 aliphatic heterocycles. The summed E-state index contributed by atoms with van der Waals surface area (Å²) >= 11 is 0. The Kier molecular flexibility index (Phi) is 3.93. The molecule has 1 amide bonds. The number of carbonyl (C=O) groups excluding carboxylic acids is 1. The summed E-state index contributed by atoms with van der Waals surface area (Å²) < 4.78 is 48.2. The molecule has 0 aromatic heterocycles. The number of amides is 1. The molecule has 1 aliphatic carbocycles. The average molecular weight is 227 g/mol. The second-order valence-electron chi connectivity index (χ2n) is 3.77. The summed E-state index contributed by atoms with van der Waals surface area (Å²) in [7, 11) is 0. The van der Waals surface area contributed by atoms with Gasteiger partial charge in [-0.1, -0.05) is 12.8 Å². The van der Waals surface area contributed by atoms with E-state index in [1.165, 1.54) is 0 Å². The van der Waals surface area contributed by atoms with Crippen LogP contribution in [0.3, 0.4) is 0 Å². The monoisotopic (exact) mass is 227 g/mol. The smallest absolute Gasteiger partial charge is 0.351 e. The van der Waals surface area contributed by atoms with E-state index in [0.29, 0.717) is 12.3 Å². The first-order valence-corrected chi connectivity index (χ1v) is 4.89. The summed E-state index contributed by atoms with van der Waals surface area (Å²) in [6, 6.07) is 0. The highest BCUT2D eigenvalue weighted by Gasteiger charge is 2.48. The van der Waals surface area contributed by atoms with Gasteiger partial charge in [-0.3, -0.25) is 4.79 Å². The predicted octanol–water partition coefficient (Wildman–Crippen LogP) is 2.19. The number of hydrogen-bond acceptors (Lipinski definition) is 1. The first-order chi connectivity index (χ1) is 6.94. The molecule has 0 heterocycles. The topological polar surface area (TPSA) is 29.1 Å². The van der Waals surface area contributed by atoms with Gasteiger partial charge in [-0.25, -0.2) is 8.78 Å². The van der Waals surface area contributed by atoms with E-state index in [0.717, 1.165) is 19.3 Å². The van der Waals surface area contributed by atoms with Crippen LogP contribution in [0.25, 0.3) is 0 Å². The Morgan fingerprint density at radius 1 is 1.40 bits per heavy atom. The van der Waals surface area contributed by atoms with Crippen molar-refractivity contribution in [3.05, 3.63) is 0 Å². The Morgan fingerprint density at radius 2 is 2.00 bits per heavy atom. The lowest BCUT2D eigenvalue weighted by molar-refractivity contribution is -0.169. The first kappa shape index (κ1) is 12.3. The van der Waals surface area contributed by atoms with Gasteiger partial charge < -0.3 is 5.32 Å². The SMILES string of the molecule is O=C(NCCCC1CC1)C(F)(F)C(F)F. The van der Waals surface area contributed by atoms with Gasteiger partial charge >= 0.3 is 12.3 Å². The molecule has 2 nitrogen and oxygen atoms in total. The van der Waals surface area contributed by atoms with E-state index < -0.39 is 18.3 Å². The quantitative estimate of drug-likeness (QED) is 0.547. The molecule has 0 radical (unpaired) electrons. The van der Waals surface area contributed by atoms with Gasteiger partial charge in [0.2, 0.25) is 0 Å². The summed E-state index contributed by atoms with van der Waals surface area (Å²) in [5, 5.41) is 1.82. The van der Waals surface area contributed by atoms with Gasteiger partial charge in [-0.2, -0.15) is 8.78 Å². The number of halogens is 4. The molecule has 0 unspecified atom stereocenters. The van der Waals surface area contributed by atoms with Crippen molar-refractivity contribution >= 4 is 5.91 Å². The van der Waals surface area contributed by atoms with Crippen molar-refractivity contribution < 1.29 is 22.4 Å². The number of carbonyl (C=O) groups is 1. The number of hydrogen-bond donors (Lipinski definition) is 1. The lowest BCUT2D eigenvalue weighted by Crippen LogP contribution is -2.45. The Labute approximate surface area is 85.0 Å². The third-order valence-corrected chi connectivity index (χ3v) is 2.35. The molecule has 0 bridgehead atoms. The second-order valence-corrected chi connectivity index (χ2v) is 3.77. The van der Waals surface area contributed by atoms with E-state index in [1.54, 1.807) is 0 Å². The van der Waals surface area contributed by atoms with Gasteiger partial charge in [0.15, 0.2) is 0 Å². The van der Waals surface area contributed by atoms with Crippen LogP contribution in [0.4, 0.5) is 17.6 Å². The van der Waals surface area contributed by atoms with E-state index in [2.05, 4.69) is 0 Å². The normalized spacial score (nSPS) is 16.9. The fraction of sp³-hybridized carbons (Fsp3) is 0.889. The van der Waals surface area contributed by atoms with Crippen LogP contribution in [0.5, 0.6) is 0 Å². The molecule has 1 saturated carbocycles. The first-order valence-electron chi connectivity index (χ1n) is 4.89. The molecule has 0 aromatic carbocycles. The van der Waals surface area contributed by atoms with Crippen molar-refractivity contribution in [3.8, 4) is 0 Å². The molecule has 88 valence electrons. The Balaban J connectivity index is 2.16. The summed E-state index contributed by atoms with van der Waals surface area (Å²) in [5.41, 5.74) is 0. The van der Waals surface area contributed by atoms with E-state index >= 15 is 0 Å². The third-order valence-electron chi connectivity index (χ3n) is 2.35. The lowest BCUT2D eigenvalue weighted by atomic mass is 10.2. The molecule has 1 aliphatic rings. The Hall–Kier alpha value is -0.810. The van der Waals surface area contributed by atoms with Crippen molar-refractivity contribution in [3.63, 3.8) is 0 Å². The van der Waals surface area contributed by atoms with Gasteiger partial charge in [0.05, 0.1) is 0 Å². The molecule has 1 fully saturated rings. The van der Waals surface area contributed by atoms with Crippen molar-refractivity contribution in [2.24, 2.45) is 5.92 Å². The standard InChI is InChI=1S/C9H13F4NO/c10-7(11)9(12,13)8(15)14-5-1-2-6-3-4-6/h6-7H,1-5H2,(H,14,15). The van der Waals surface area contributed by atoms with Crippen LogP contribution >= 0.6 is 0 Å². The largest absolute Gasteiger partial charge is 0.383 e. The minimum absolute atomic E-state index is 0.0393. The summed E-state index contributed by atoms with van der Waals surface area (Å²) in [4.78, 5) is 10.6. The van der Waals surface area contributed by atoms with Gasteiger partial charge in [0.25, 0.3) is 5.91 Å². The number of nitrogens with one attached hydrogen (secondary N) is 1. The third kappa shape index (κ3) is 3.68. The molecular formula is C9H13F4NO. The molecule has 0 aromatic rings. The summed E-state index contributed by atoms with van der Waals surface area (Å²) in [5.74, 6) is -5.81. The van der Waals surface area contributed by atoms with Crippen molar-refractivity contribution in [2.75, 3.05) is 6.54 Å². The van der Waals surface area contributed by atoms with Crippen LogP contribution in [0, 0.1) is 5.92 Å². The lowest BCUT2D eigenvalue weighted by Gasteiger charge is -2.14. The maximum absolute atomic E-state index is 12.4. The zero-order valence-electron chi connectivity index (χ0n) is 8.11. The fourth-order valence-corrected chi connectivity index (χ4v) is 1.22. The predicted molar refractivity (Wildman–Crippen MR) is 45.9 cm³/mol. The molecule has 0 spiro atoms. The van der Waals surface area contributed by atoms with Crippen LogP contribution in [-0.4, -0.2) is 24.8 Å². The van der Waals surface area contributed by atoms with E-state index in [1.807, 2.05) is 5.32 Å². The summed E-state index contributed by atoms with van der Waals surface area (Å²) in [6.07, 6.45) is -0.237. The average Bonchev–Trinajstić information content (AvgIpc) is 2.95. The van der Waals surface area contributed by atoms with Gasteiger partial charge in [0, 0.05) is 6.54 Å². The Bertz CT molecular complexity index is 228. The van der Waals surface area contributed by atoms with Gasteiger partial charge in [-0.05, 0) is 18.8 Å². The molecule has 1 N–H and O–H groups in total. The fourth-order valence-electron chi connectivity index (χ4n) is 1.22. The Morgan fingerprint density at radius 3 is 2.47 bits per heavy atom. The van der Waals surface area contributed by atoms with Gasteiger partial charge in [-0.15, -0.1) is 0 Å². The molecule has 0 saturated heterocycles. The van der Waals surface area contributed by atoms with E-state index in [9.17, 15) is 22.4 Å². The van der Waals surface area contributed by atoms with Crippen LogP contribution in [0.2, 0.25) is 0 Å². The molecule has 1 rings (SSSR count). The van der Waals surface area contributed by atoms with Crippen LogP contribution in [0.1, 0.15) is 25.7 Å². The van der Waals surface area contributed by atoms with E-state index in [4.69, 9.17) is 0 Å². The highest BCUT2D eigenvalue weighted by atomic mass is 19.3. The summed E-state index contributed by atoms with van der Waals surface area (Å²) in [6.45, 7) is 0.0393. The van der Waals surface area contributed by atoms with Crippen LogP contribution in [-0.2, 0) is 4.79 Å². The van der Waals surface area contributed by atoms with Crippen molar-refractivity contribution in [2.45, 2.75) is 38.0 Å².